The summed E-state index contributed by atoms with van der Waals surface area (Å²) in [7, 11) is 1.68. The zero-order valence-electron chi connectivity index (χ0n) is 9.07. The number of hydrogen-bond donors (Lipinski definition) is 1. The fourth-order valence-electron chi connectivity index (χ4n) is 0.932. The molecule has 1 aromatic heterocycles. The normalized spacial score (nSPS) is 9.27. The monoisotopic (exact) mass is 232 g/mol. The lowest BCUT2D eigenvalue weighted by atomic mass is 10.4. The number of halogens is 1. The van der Waals surface area contributed by atoms with Gasteiger partial charge in [0.15, 0.2) is 6.29 Å². The minimum Gasteiger partial charge on any atom is -0.397 e. The van der Waals surface area contributed by atoms with E-state index in [2.05, 4.69) is 4.74 Å². The van der Waals surface area contributed by atoms with Gasteiger partial charge in [0.05, 0.1) is 11.4 Å². The zero-order valence-corrected chi connectivity index (χ0v) is 9.83. The van der Waals surface area contributed by atoms with Gasteiger partial charge in [-0.3, -0.25) is 4.79 Å². The number of anilines is 1. The second kappa shape index (κ2) is 8.32. The summed E-state index contributed by atoms with van der Waals surface area (Å²) in [5.41, 5.74) is 6.63. The highest BCUT2D eigenvalue weighted by atomic mass is 35.5. The van der Waals surface area contributed by atoms with E-state index in [-0.39, 0.29) is 0 Å². The van der Waals surface area contributed by atoms with Crippen molar-refractivity contribution in [3.63, 3.8) is 0 Å². The SMILES string of the molecule is CCOC.Nc1cc(C=O)n(CCCl)c1. The summed E-state index contributed by atoms with van der Waals surface area (Å²) in [5.74, 6) is 0.481. The predicted molar refractivity (Wildman–Crippen MR) is 62.5 cm³/mol. The smallest absolute Gasteiger partial charge is 0.166 e. The van der Waals surface area contributed by atoms with Crippen molar-refractivity contribution in [2.75, 3.05) is 25.3 Å². The van der Waals surface area contributed by atoms with Crippen LogP contribution in [0.5, 0.6) is 0 Å². The van der Waals surface area contributed by atoms with Gasteiger partial charge in [-0.2, -0.15) is 0 Å². The number of aldehydes is 1. The molecule has 0 fully saturated rings. The van der Waals surface area contributed by atoms with Crippen molar-refractivity contribution in [1.29, 1.82) is 0 Å². The van der Waals surface area contributed by atoms with Crippen LogP contribution >= 0.6 is 11.6 Å². The molecule has 1 aromatic rings. The van der Waals surface area contributed by atoms with Crippen LogP contribution in [0.4, 0.5) is 5.69 Å². The van der Waals surface area contributed by atoms with Crippen LogP contribution < -0.4 is 5.73 Å². The van der Waals surface area contributed by atoms with Crippen LogP contribution in [0, 0.1) is 0 Å². The average molecular weight is 233 g/mol. The first-order chi connectivity index (χ1) is 7.19. The molecule has 0 atom stereocenters. The summed E-state index contributed by atoms with van der Waals surface area (Å²) in [5, 5.41) is 0. The van der Waals surface area contributed by atoms with E-state index in [0.717, 1.165) is 12.9 Å². The van der Waals surface area contributed by atoms with Crippen molar-refractivity contribution in [1.82, 2.24) is 4.57 Å². The van der Waals surface area contributed by atoms with Gasteiger partial charge in [-0.25, -0.2) is 0 Å². The molecule has 1 rings (SSSR count). The van der Waals surface area contributed by atoms with Crippen molar-refractivity contribution in [3.05, 3.63) is 18.0 Å². The lowest BCUT2D eigenvalue weighted by molar-refractivity contribution is 0.111. The molecular formula is C10H17ClN2O2. The number of nitrogen functional groups attached to an aromatic ring is 1. The van der Waals surface area contributed by atoms with Gasteiger partial charge in [0, 0.05) is 32.3 Å². The number of aromatic nitrogens is 1. The first-order valence-corrected chi connectivity index (χ1v) is 5.18. The van der Waals surface area contributed by atoms with Crippen LogP contribution in [0.3, 0.4) is 0 Å². The summed E-state index contributed by atoms with van der Waals surface area (Å²) < 4.78 is 6.27. The third-order valence-electron chi connectivity index (χ3n) is 1.69. The lowest BCUT2D eigenvalue weighted by Crippen LogP contribution is -2.01. The number of nitrogens with zero attached hydrogens (tertiary/aromatic N) is 1. The first kappa shape index (κ1) is 14.0. The third-order valence-corrected chi connectivity index (χ3v) is 1.85. The molecule has 0 amide bonds. The Hall–Kier alpha value is -1.000. The molecule has 0 spiro atoms. The Morgan fingerprint density at radius 1 is 1.67 bits per heavy atom. The number of alkyl halides is 1. The average Bonchev–Trinajstić information content (AvgIpc) is 2.60. The van der Waals surface area contributed by atoms with Gasteiger partial charge < -0.3 is 15.0 Å². The number of rotatable bonds is 4. The number of ether oxygens (including phenoxy) is 1. The Kier molecular flexibility index (Phi) is 7.77. The van der Waals surface area contributed by atoms with Gasteiger partial charge >= 0.3 is 0 Å². The highest BCUT2D eigenvalue weighted by molar-refractivity contribution is 6.17. The largest absolute Gasteiger partial charge is 0.397 e. The van der Waals surface area contributed by atoms with E-state index >= 15 is 0 Å². The van der Waals surface area contributed by atoms with E-state index in [0.29, 0.717) is 23.8 Å². The number of methoxy groups -OCH3 is 1. The van der Waals surface area contributed by atoms with Crippen LogP contribution in [-0.4, -0.2) is 30.4 Å². The molecule has 0 aliphatic rings. The van der Waals surface area contributed by atoms with E-state index in [4.69, 9.17) is 17.3 Å². The van der Waals surface area contributed by atoms with Crippen molar-refractivity contribution in [3.8, 4) is 0 Å². The molecule has 0 radical (unpaired) electrons. The lowest BCUT2D eigenvalue weighted by Gasteiger charge is -1.99. The van der Waals surface area contributed by atoms with Crippen LogP contribution in [-0.2, 0) is 11.3 Å². The van der Waals surface area contributed by atoms with E-state index < -0.39 is 0 Å². The molecule has 2 N–H and O–H groups in total. The summed E-state index contributed by atoms with van der Waals surface area (Å²) in [6.45, 7) is 3.40. The number of nitrogens with two attached hydrogens (primary N) is 1. The van der Waals surface area contributed by atoms with Gasteiger partial charge in [-0.05, 0) is 13.0 Å². The highest BCUT2D eigenvalue weighted by Crippen LogP contribution is 2.08. The molecule has 0 saturated carbocycles. The van der Waals surface area contributed by atoms with Crippen LogP contribution in [0.15, 0.2) is 12.3 Å². The quantitative estimate of drug-likeness (QED) is 0.636. The third kappa shape index (κ3) is 5.44. The fraction of sp³-hybridized carbons (Fsp3) is 0.500. The minimum atomic E-state index is 0.481. The van der Waals surface area contributed by atoms with Crippen LogP contribution in [0.2, 0.25) is 0 Å². The Balaban J connectivity index is 0.000000423. The molecule has 0 bridgehead atoms. The van der Waals surface area contributed by atoms with Gasteiger partial charge in [-0.15, -0.1) is 11.6 Å². The maximum Gasteiger partial charge on any atom is 0.166 e. The van der Waals surface area contributed by atoms with Crippen molar-refractivity contribution >= 4 is 23.6 Å². The molecule has 1 heterocycles. The molecule has 15 heavy (non-hydrogen) atoms. The highest BCUT2D eigenvalue weighted by Gasteiger charge is 2.00. The second-order valence-electron chi connectivity index (χ2n) is 2.78. The molecule has 5 heteroatoms. The Morgan fingerprint density at radius 3 is 2.67 bits per heavy atom. The maximum atomic E-state index is 10.4. The van der Waals surface area contributed by atoms with Crippen LogP contribution in [0.25, 0.3) is 0 Å². The number of hydrogen-bond acceptors (Lipinski definition) is 3. The molecule has 0 aromatic carbocycles. The van der Waals surface area contributed by atoms with Crippen molar-refractivity contribution in [2.45, 2.75) is 13.5 Å². The Labute approximate surface area is 95.0 Å². The Bertz CT molecular complexity index is 285. The molecule has 0 unspecified atom stereocenters. The standard InChI is InChI=1S/C7H9ClN2O.C3H8O/c8-1-2-10-4-6(9)3-7(10)5-11;1-3-4-2/h3-5H,1-2,9H2;3H2,1-2H3. The predicted octanol–water partition coefficient (Wildman–Crippen LogP) is 1.77. The molecular weight excluding hydrogens is 216 g/mol. The van der Waals surface area contributed by atoms with E-state index in [1.807, 2.05) is 6.92 Å². The maximum absolute atomic E-state index is 10.4. The Morgan fingerprint density at radius 2 is 2.27 bits per heavy atom. The molecule has 0 aliphatic carbocycles. The minimum absolute atomic E-state index is 0.481. The molecule has 86 valence electrons. The summed E-state index contributed by atoms with van der Waals surface area (Å²) in [6, 6.07) is 1.62. The van der Waals surface area contributed by atoms with Crippen LogP contribution in [0.1, 0.15) is 17.4 Å². The van der Waals surface area contributed by atoms with E-state index in [9.17, 15) is 4.79 Å². The molecule has 0 aliphatic heterocycles. The summed E-state index contributed by atoms with van der Waals surface area (Å²) >= 11 is 5.50. The van der Waals surface area contributed by atoms with Crippen molar-refractivity contribution < 1.29 is 9.53 Å². The first-order valence-electron chi connectivity index (χ1n) is 4.65. The molecule has 0 saturated heterocycles. The summed E-state index contributed by atoms with van der Waals surface area (Å²) in [4.78, 5) is 10.4. The van der Waals surface area contributed by atoms with Gasteiger partial charge in [-0.1, -0.05) is 0 Å². The number of aryl methyl sites for hydroxylation is 1. The summed E-state index contributed by atoms with van der Waals surface area (Å²) in [6.07, 6.45) is 2.47. The number of carbonyl (C=O) groups is 1. The van der Waals surface area contributed by atoms with E-state index in [1.54, 1.807) is 23.9 Å². The van der Waals surface area contributed by atoms with Gasteiger partial charge in [0.25, 0.3) is 0 Å². The number of carbonyl (C=O) groups excluding carboxylic acids is 1. The fourth-order valence-corrected chi connectivity index (χ4v) is 1.11. The van der Waals surface area contributed by atoms with Crippen molar-refractivity contribution in [2.24, 2.45) is 0 Å². The second-order valence-corrected chi connectivity index (χ2v) is 3.15. The topological polar surface area (TPSA) is 57.2 Å². The van der Waals surface area contributed by atoms with Gasteiger partial charge in [0.2, 0.25) is 0 Å². The van der Waals surface area contributed by atoms with E-state index in [1.165, 1.54) is 0 Å². The van der Waals surface area contributed by atoms with Gasteiger partial charge in [0.1, 0.15) is 0 Å². The zero-order chi connectivity index (χ0) is 11.7. The molecule has 4 nitrogen and oxygen atoms in total.